The average Bonchev–Trinajstić information content (AvgIpc) is 2.67. The quantitative estimate of drug-likeness (QED) is 0.409. The van der Waals surface area contributed by atoms with E-state index in [-0.39, 0.29) is 5.91 Å². The number of amides is 1. The maximum Gasteiger partial charge on any atom is 0.416 e. The number of halogens is 3. The van der Waals surface area contributed by atoms with Crippen LogP contribution in [0.15, 0.2) is 53.8 Å². The Kier molecular flexibility index (Phi) is 7.16. The molecule has 1 aromatic carbocycles. The van der Waals surface area contributed by atoms with Gasteiger partial charge >= 0.3 is 6.18 Å². The highest BCUT2D eigenvalue weighted by Gasteiger charge is 2.29. The molecule has 0 aliphatic carbocycles. The second-order valence-corrected chi connectivity index (χ2v) is 5.54. The summed E-state index contributed by atoms with van der Waals surface area (Å²) < 4.78 is 37.6. The van der Waals surface area contributed by atoms with Crippen LogP contribution in [0.2, 0.25) is 0 Å². The molecule has 0 unspecified atom stereocenters. The minimum atomic E-state index is -4.34. The first-order chi connectivity index (χ1) is 12.9. The summed E-state index contributed by atoms with van der Waals surface area (Å²) in [6.07, 6.45) is -1.28. The van der Waals surface area contributed by atoms with Gasteiger partial charge in [-0.2, -0.15) is 13.2 Å². The van der Waals surface area contributed by atoms with Gasteiger partial charge in [0.05, 0.1) is 11.1 Å². The highest BCUT2D eigenvalue weighted by molar-refractivity contribution is 5.93. The minimum absolute atomic E-state index is 0.224. The molecule has 0 aliphatic heterocycles. The Morgan fingerprint density at radius 2 is 1.78 bits per heavy atom. The van der Waals surface area contributed by atoms with Crippen molar-refractivity contribution in [3.63, 3.8) is 0 Å². The van der Waals surface area contributed by atoms with Crippen molar-refractivity contribution in [3.8, 4) is 0 Å². The Hall–Kier alpha value is -3.10. The highest BCUT2D eigenvalue weighted by Crippen LogP contribution is 2.28. The number of hydrogen-bond donors (Lipinski definition) is 3. The smallest absolute Gasteiger partial charge is 0.355 e. The number of aliphatic imine (C=N–C) groups is 1. The van der Waals surface area contributed by atoms with Crippen molar-refractivity contribution in [1.29, 1.82) is 0 Å². The normalized spacial score (nSPS) is 11.8. The molecule has 0 aliphatic rings. The second-order valence-electron chi connectivity index (χ2n) is 5.54. The van der Waals surface area contributed by atoms with Gasteiger partial charge in [-0.15, -0.1) is 0 Å². The molecule has 2 aromatic rings. The standard InChI is InChI=1S/C18H20F3N5O/c1-22-17(25-10-9-24-16(27)14-3-2-8-23-12-14)26-11-13-4-6-15(7-5-13)18(19,20)21/h2-8,12H,9-11H2,1H3,(H,24,27)(H2,22,25,26). The molecule has 6 nitrogen and oxygen atoms in total. The number of carbonyl (C=O) groups is 1. The Morgan fingerprint density at radius 3 is 2.37 bits per heavy atom. The highest BCUT2D eigenvalue weighted by atomic mass is 19.4. The fraction of sp³-hybridized carbons (Fsp3) is 0.278. The van der Waals surface area contributed by atoms with Crippen LogP contribution < -0.4 is 16.0 Å². The zero-order valence-corrected chi connectivity index (χ0v) is 14.7. The lowest BCUT2D eigenvalue weighted by Crippen LogP contribution is -2.41. The number of pyridine rings is 1. The summed E-state index contributed by atoms with van der Waals surface area (Å²) in [7, 11) is 1.58. The molecule has 0 saturated heterocycles. The molecule has 0 saturated carbocycles. The molecule has 1 heterocycles. The van der Waals surface area contributed by atoms with E-state index in [4.69, 9.17) is 0 Å². The zero-order valence-electron chi connectivity index (χ0n) is 14.7. The third-order valence-electron chi connectivity index (χ3n) is 3.59. The molecule has 0 atom stereocenters. The molecular weight excluding hydrogens is 359 g/mol. The lowest BCUT2D eigenvalue weighted by molar-refractivity contribution is -0.137. The summed E-state index contributed by atoms with van der Waals surface area (Å²) in [4.78, 5) is 19.8. The van der Waals surface area contributed by atoms with Crippen molar-refractivity contribution in [1.82, 2.24) is 20.9 Å². The van der Waals surface area contributed by atoms with E-state index in [1.165, 1.54) is 18.3 Å². The molecule has 0 fully saturated rings. The fourth-order valence-electron chi connectivity index (χ4n) is 2.17. The predicted octanol–water partition coefficient (Wildman–Crippen LogP) is 2.20. The number of alkyl halides is 3. The van der Waals surface area contributed by atoms with Crippen LogP contribution >= 0.6 is 0 Å². The average molecular weight is 379 g/mol. The van der Waals surface area contributed by atoms with Gasteiger partial charge in [0.25, 0.3) is 5.91 Å². The van der Waals surface area contributed by atoms with Gasteiger partial charge < -0.3 is 16.0 Å². The van der Waals surface area contributed by atoms with E-state index in [0.717, 1.165) is 12.1 Å². The van der Waals surface area contributed by atoms with Crippen LogP contribution in [0.3, 0.4) is 0 Å². The van der Waals surface area contributed by atoms with Gasteiger partial charge in [-0.3, -0.25) is 14.8 Å². The first-order valence-corrected chi connectivity index (χ1v) is 8.19. The maximum absolute atomic E-state index is 12.5. The molecule has 144 valence electrons. The Labute approximate surface area is 154 Å². The lowest BCUT2D eigenvalue weighted by atomic mass is 10.1. The van der Waals surface area contributed by atoms with E-state index >= 15 is 0 Å². The number of nitrogens with one attached hydrogen (secondary N) is 3. The summed E-state index contributed by atoms with van der Waals surface area (Å²) in [5, 5.41) is 8.75. The molecular formula is C18H20F3N5O. The molecule has 1 amide bonds. The van der Waals surface area contributed by atoms with Gasteiger partial charge in [0.15, 0.2) is 5.96 Å². The molecule has 0 spiro atoms. The van der Waals surface area contributed by atoms with Crippen LogP contribution in [-0.2, 0) is 12.7 Å². The number of guanidine groups is 1. The van der Waals surface area contributed by atoms with Crippen molar-refractivity contribution in [2.24, 2.45) is 4.99 Å². The van der Waals surface area contributed by atoms with E-state index in [0.29, 0.717) is 36.7 Å². The Bertz CT molecular complexity index is 761. The molecule has 27 heavy (non-hydrogen) atoms. The summed E-state index contributed by atoms with van der Waals surface area (Å²) >= 11 is 0. The number of nitrogens with zero attached hydrogens (tertiary/aromatic N) is 2. The third kappa shape index (κ3) is 6.61. The van der Waals surface area contributed by atoms with E-state index in [1.807, 2.05) is 0 Å². The fourth-order valence-corrected chi connectivity index (χ4v) is 2.17. The second kappa shape index (κ2) is 9.56. The summed E-state index contributed by atoms with van der Waals surface area (Å²) in [5.41, 5.74) is 0.483. The lowest BCUT2D eigenvalue weighted by Gasteiger charge is -2.13. The van der Waals surface area contributed by atoms with Crippen LogP contribution in [0.4, 0.5) is 13.2 Å². The van der Waals surface area contributed by atoms with Gasteiger partial charge in [-0.25, -0.2) is 0 Å². The third-order valence-corrected chi connectivity index (χ3v) is 3.59. The van der Waals surface area contributed by atoms with Crippen molar-refractivity contribution in [2.75, 3.05) is 20.1 Å². The van der Waals surface area contributed by atoms with Crippen LogP contribution in [0.5, 0.6) is 0 Å². The number of benzene rings is 1. The topological polar surface area (TPSA) is 78.4 Å². The van der Waals surface area contributed by atoms with Crippen LogP contribution in [0.25, 0.3) is 0 Å². The minimum Gasteiger partial charge on any atom is -0.355 e. The monoisotopic (exact) mass is 379 g/mol. The number of hydrogen-bond acceptors (Lipinski definition) is 3. The molecule has 3 N–H and O–H groups in total. The van der Waals surface area contributed by atoms with E-state index in [1.54, 1.807) is 25.4 Å². The Balaban J connectivity index is 1.72. The number of carbonyl (C=O) groups excluding carboxylic acids is 1. The molecule has 9 heteroatoms. The molecule has 0 radical (unpaired) electrons. The first kappa shape index (κ1) is 20.2. The van der Waals surface area contributed by atoms with Crippen LogP contribution in [-0.4, -0.2) is 37.0 Å². The van der Waals surface area contributed by atoms with Crippen molar-refractivity contribution in [3.05, 3.63) is 65.5 Å². The van der Waals surface area contributed by atoms with Crippen molar-refractivity contribution < 1.29 is 18.0 Å². The zero-order chi connectivity index (χ0) is 19.7. The van der Waals surface area contributed by atoms with E-state index in [2.05, 4.69) is 25.9 Å². The van der Waals surface area contributed by atoms with Crippen LogP contribution in [0, 0.1) is 0 Å². The van der Waals surface area contributed by atoms with Crippen molar-refractivity contribution in [2.45, 2.75) is 12.7 Å². The molecule has 0 bridgehead atoms. The van der Waals surface area contributed by atoms with Gasteiger partial charge in [0.1, 0.15) is 0 Å². The predicted molar refractivity (Wildman–Crippen MR) is 96.2 cm³/mol. The summed E-state index contributed by atoms with van der Waals surface area (Å²) in [5.74, 6) is 0.253. The number of rotatable bonds is 6. The summed E-state index contributed by atoms with van der Waals surface area (Å²) in [6, 6.07) is 8.26. The summed E-state index contributed by atoms with van der Waals surface area (Å²) in [6.45, 7) is 1.12. The molecule has 2 rings (SSSR count). The van der Waals surface area contributed by atoms with Gasteiger partial charge in [-0.1, -0.05) is 12.1 Å². The van der Waals surface area contributed by atoms with Crippen LogP contribution in [0.1, 0.15) is 21.5 Å². The van der Waals surface area contributed by atoms with E-state index in [9.17, 15) is 18.0 Å². The first-order valence-electron chi connectivity index (χ1n) is 8.19. The largest absolute Gasteiger partial charge is 0.416 e. The number of aromatic nitrogens is 1. The SMILES string of the molecule is CN=C(NCCNC(=O)c1cccnc1)NCc1ccc(C(F)(F)F)cc1. The van der Waals surface area contributed by atoms with Crippen molar-refractivity contribution >= 4 is 11.9 Å². The Morgan fingerprint density at radius 1 is 1.07 bits per heavy atom. The van der Waals surface area contributed by atoms with E-state index < -0.39 is 11.7 Å². The maximum atomic E-state index is 12.5. The molecule has 1 aromatic heterocycles. The van der Waals surface area contributed by atoms with Gasteiger partial charge in [0, 0.05) is 39.1 Å². The van der Waals surface area contributed by atoms with Gasteiger partial charge in [0.2, 0.25) is 0 Å². The van der Waals surface area contributed by atoms with Gasteiger partial charge in [-0.05, 0) is 29.8 Å².